The Balaban J connectivity index is 1.39. The molecule has 3 aromatic heterocycles. The monoisotopic (exact) mass is 692 g/mol. The van der Waals surface area contributed by atoms with Gasteiger partial charge in [0.05, 0.1) is 0 Å². The summed E-state index contributed by atoms with van der Waals surface area (Å²) in [6.45, 7) is 0. The van der Waals surface area contributed by atoms with E-state index in [9.17, 15) is 0 Å². The number of aromatic nitrogens is 4. The molecule has 0 radical (unpaired) electrons. The maximum absolute atomic E-state index is 5.22. The number of hydrogen-bond donors (Lipinski definition) is 0. The number of fused-ring (bicyclic) bond motifs is 3. The minimum absolute atomic E-state index is 0.180. The van der Waals surface area contributed by atoms with Gasteiger partial charge in [-0.1, -0.05) is 0 Å². The molecule has 9 rings (SSSR count). The first-order chi connectivity index (χ1) is 24.3. The summed E-state index contributed by atoms with van der Waals surface area (Å²) < 4.78 is 2.74. The van der Waals surface area contributed by atoms with Crippen LogP contribution in [0.25, 0.3) is 86.4 Å². The average molecular weight is 692 g/mol. The normalized spacial score (nSPS) is 11.3. The fourth-order valence-electron chi connectivity index (χ4n) is 6.86. The van der Waals surface area contributed by atoms with Gasteiger partial charge in [-0.25, -0.2) is 0 Å². The maximum atomic E-state index is 5.22. The van der Waals surface area contributed by atoms with Crippen LogP contribution in [0.15, 0.2) is 170 Å². The second-order valence-electron chi connectivity index (χ2n) is 11.9. The molecule has 0 saturated heterocycles. The van der Waals surface area contributed by atoms with Gasteiger partial charge in [0.15, 0.2) is 0 Å². The third-order valence-electron chi connectivity index (χ3n) is 9.02. The van der Waals surface area contributed by atoms with Crippen LogP contribution in [0.1, 0.15) is 0 Å². The first-order valence-electron chi connectivity index (χ1n) is 16.2. The summed E-state index contributed by atoms with van der Waals surface area (Å²) in [6.07, 6.45) is 1.89. The Bertz CT molecular complexity index is 2600. The van der Waals surface area contributed by atoms with E-state index in [1.807, 2.05) is 36.5 Å². The number of pyridine rings is 1. The Morgan fingerprint density at radius 2 is 0.980 bits per heavy atom. The van der Waals surface area contributed by atoms with E-state index in [2.05, 4.69) is 144 Å². The van der Waals surface area contributed by atoms with Crippen molar-refractivity contribution in [2.24, 2.45) is 0 Å². The number of rotatable bonds is 6. The van der Waals surface area contributed by atoms with E-state index < -0.39 is 0 Å². The van der Waals surface area contributed by atoms with Crippen LogP contribution in [0.3, 0.4) is 0 Å². The summed E-state index contributed by atoms with van der Waals surface area (Å²) in [5, 5.41) is 16.3. The van der Waals surface area contributed by atoms with Crippen LogP contribution in [-0.2, 0) is 0 Å². The summed E-state index contributed by atoms with van der Waals surface area (Å²) >= 11 is 0.180. The molecule has 49 heavy (non-hydrogen) atoms. The molecule has 0 atom stereocenters. The Kier molecular flexibility index (Phi) is 7.47. The van der Waals surface area contributed by atoms with E-state index in [0.29, 0.717) is 0 Å². The van der Waals surface area contributed by atoms with Gasteiger partial charge in [-0.3, -0.25) is 0 Å². The van der Waals surface area contributed by atoms with E-state index >= 15 is 0 Å². The zero-order valence-electron chi connectivity index (χ0n) is 26.4. The van der Waals surface area contributed by atoms with E-state index in [0.717, 1.165) is 56.0 Å². The first-order valence-corrected chi connectivity index (χ1v) is 18.0. The first kappa shape index (κ1) is 29.2. The Hall–Kier alpha value is -6.00. The third-order valence-corrected chi connectivity index (χ3v) is 11.4. The molecule has 3 heterocycles. The van der Waals surface area contributed by atoms with Crippen molar-refractivity contribution in [1.29, 1.82) is 0 Å². The molecular weight excluding hydrogens is 663 g/mol. The Morgan fingerprint density at radius 3 is 1.76 bits per heavy atom. The van der Waals surface area contributed by atoms with Crippen molar-refractivity contribution in [2.75, 3.05) is 0 Å². The van der Waals surface area contributed by atoms with Gasteiger partial charge in [-0.15, -0.1) is 0 Å². The topological polar surface area (TPSA) is 51.6 Å². The molecule has 0 bridgehead atoms. The average Bonchev–Trinajstić information content (AvgIpc) is 3.57. The van der Waals surface area contributed by atoms with Gasteiger partial charge in [0.2, 0.25) is 0 Å². The van der Waals surface area contributed by atoms with Crippen LogP contribution in [0.5, 0.6) is 0 Å². The van der Waals surface area contributed by atoms with E-state index in [-0.39, 0.29) is 14.5 Å². The predicted octanol–water partition coefficient (Wildman–Crippen LogP) is 10.6. The van der Waals surface area contributed by atoms with Gasteiger partial charge in [0.25, 0.3) is 0 Å². The van der Waals surface area contributed by atoms with Gasteiger partial charge >= 0.3 is 291 Å². The molecular formula is C44H28N4Se. The molecule has 0 aliphatic carbocycles. The zero-order valence-corrected chi connectivity index (χ0v) is 28.1. The molecule has 0 fully saturated rings. The molecule has 0 amide bonds. The van der Waals surface area contributed by atoms with Crippen LogP contribution >= 0.6 is 0 Å². The molecule has 6 aromatic carbocycles. The molecule has 0 N–H and O–H groups in total. The summed E-state index contributed by atoms with van der Waals surface area (Å²) in [5.41, 5.74) is 12.0. The summed E-state index contributed by atoms with van der Waals surface area (Å²) in [6, 6.07) is 57.5. The van der Waals surface area contributed by atoms with Gasteiger partial charge < -0.3 is 0 Å². The Morgan fingerprint density at radius 1 is 0.367 bits per heavy atom. The van der Waals surface area contributed by atoms with Gasteiger partial charge in [-0.05, 0) is 0 Å². The molecule has 0 spiro atoms. The van der Waals surface area contributed by atoms with Crippen molar-refractivity contribution >= 4 is 33.8 Å². The standard InChI is InChI=1S/C44H28N4Se/c1-4-15-29(16-5-1)32-21-10-11-22-33(32)34-26-27-38-40(35-23-12-13-25-37(35)49-38)41(34)43-36(24-14-28-45-43)44-39(30-17-6-2-7-18-30)42(46-48-47-44)31-19-8-3-9-20-31/h1-28H. The van der Waals surface area contributed by atoms with Crippen LogP contribution in [0, 0.1) is 0 Å². The fraction of sp³-hybridized carbons (Fsp3) is 0. The van der Waals surface area contributed by atoms with Gasteiger partial charge in [0, 0.05) is 0 Å². The molecule has 0 aliphatic rings. The summed E-state index contributed by atoms with van der Waals surface area (Å²) in [7, 11) is 0. The zero-order chi connectivity index (χ0) is 32.6. The predicted molar refractivity (Wildman–Crippen MR) is 202 cm³/mol. The molecule has 230 valence electrons. The van der Waals surface area contributed by atoms with Gasteiger partial charge in [-0.2, -0.15) is 0 Å². The van der Waals surface area contributed by atoms with E-state index in [1.54, 1.807) is 0 Å². The van der Waals surface area contributed by atoms with Crippen LogP contribution in [-0.4, -0.2) is 34.9 Å². The molecule has 0 unspecified atom stereocenters. The fourth-order valence-corrected chi connectivity index (χ4v) is 9.20. The van der Waals surface area contributed by atoms with Crippen molar-refractivity contribution in [2.45, 2.75) is 0 Å². The van der Waals surface area contributed by atoms with Crippen molar-refractivity contribution < 1.29 is 0 Å². The third kappa shape index (κ3) is 5.17. The van der Waals surface area contributed by atoms with E-state index in [4.69, 9.17) is 10.1 Å². The van der Waals surface area contributed by atoms with Crippen molar-refractivity contribution in [1.82, 2.24) is 20.4 Å². The molecule has 5 heteroatoms. The van der Waals surface area contributed by atoms with Crippen molar-refractivity contribution in [3.05, 3.63) is 170 Å². The minimum atomic E-state index is 0.180. The number of nitrogens with zero attached hydrogens (tertiary/aromatic N) is 4. The quantitative estimate of drug-likeness (QED) is 0.163. The molecule has 9 aromatic rings. The summed E-state index contributed by atoms with van der Waals surface area (Å²) in [5.74, 6) is 0. The van der Waals surface area contributed by atoms with E-state index in [1.165, 1.54) is 30.4 Å². The molecule has 0 aliphatic heterocycles. The molecule has 0 saturated carbocycles. The number of hydrogen-bond acceptors (Lipinski definition) is 4. The second-order valence-corrected chi connectivity index (χ2v) is 14.1. The van der Waals surface area contributed by atoms with Crippen molar-refractivity contribution in [3.8, 4) is 67.2 Å². The van der Waals surface area contributed by atoms with Crippen molar-refractivity contribution in [3.63, 3.8) is 0 Å². The second kappa shape index (κ2) is 12.6. The van der Waals surface area contributed by atoms with Crippen LogP contribution in [0.4, 0.5) is 0 Å². The number of benzene rings is 6. The van der Waals surface area contributed by atoms with Gasteiger partial charge in [0.1, 0.15) is 0 Å². The SMILES string of the molecule is c1ccc(-c2ccccc2-c2ccc3[se]c4ccccc4c3c2-c2ncccc2-c2nnnc(-c3ccccc3)c2-c2ccccc2)cc1. The van der Waals surface area contributed by atoms with Crippen LogP contribution < -0.4 is 0 Å². The summed E-state index contributed by atoms with van der Waals surface area (Å²) in [4.78, 5) is 5.22. The molecule has 4 nitrogen and oxygen atoms in total. The van der Waals surface area contributed by atoms with Crippen LogP contribution in [0.2, 0.25) is 0 Å². The Labute approximate surface area is 290 Å².